The lowest BCUT2D eigenvalue weighted by Gasteiger charge is -2.07. The van der Waals surface area contributed by atoms with Crippen molar-refractivity contribution in [2.45, 2.75) is 32.9 Å². The van der Waals surface area contributed by atoms with Crippen molar-refractivity contribution in [1.82, 2.24) is 24.6 Å². The van der Waals surface area contributed by atoms with Crippen LogP contribution in [-0.2, 0) is 17.9 Å². The minimum atomic E-state index is -0.147. The molecule has 0 bridgehead atoms. The Morgan fingerprint density at radius 2 is 2.04 bits per heavy atom. The number of hydrogen-bond donors (Lipinski definition) is 1. The summed E-state index contributed by atoms with van der Waals surface area (Å²) in [5, 5.41) is 8.17. The van der Waals surface area contributed by atoms with E-state index in [0.29, 0.717) is 42.1 Å². The number of halogens is 1. The normalized spacial score (nSPS) is 11.0. The first-order valence-electron chi connectivity index (χ1n) is 8.50. The van der Waals surface area contributed by atoms with Crippen molar-refractivity contribution in [3.05, 3.63) is 57.7 Å². The maximum atomic E-state index is 12.7. The van der Waals surface area contributed by atoms with Gasteiger partial charge in [0.15, 0.2) is 5.65 Å². The van der Waals surface area contributed by atoms with E-state index < -0.39 is 0 Å². The SMILES string of the molecule is CCCC(=O)NCCn1ncc2c(=O)n(Cc3ccc(Cl)cc3)cnc21. The van der Waals surface area contributed by atoms with E-state index in [1.807, 2.05) is 19.1 Å². The quantitative estimate of drug-likeness (QED) is 0.688. The highest BCUT2D eigenvalue weighted by Crippen LogP contribution is 2.11. The number of carbonyl (C=O) groups is 1. The van der Waals surface area contributed by atoms with Gasteiger partial charge in [0.1, 0.15) is 11.7 Å². The fourth-order valence-corrected chi connectivity index (χ4v) is 2.80. The van der Waals surface area contributed by atoms with E-state index in [2.05, 4.69) is 15.4 Å². The van der Waals surface area contributed by atoms with Gasteiger partial charge in [0, 0.05) is 18.0 Å². The number of rotatable bonds is 7. The van der Waals surface area contributed by atoms with E-state index in [9.17, 15) is 9.59 Å². The molecule has 0 saturated heterocycles. The van der Waals surface area contributed by atoms with Gasteiger partial charge in [-0.1, -0.05) is 30.7 Å². The molecule has 0 spiro atoms. The Balaban J connectivity index is 1.75. The van der Waals surface area contributed by atoms with Gasteiger partial charge in [-0.15, -0.1) is 0 Å². The summed E-state index contributed by atoms with van der Waals surface area (Å²) in [5.74, 6) is 0.0160. The van der Waals surface area contributed by atoms with E-state index in [0.717, 1.165) is 12.0 Å². The van der Waals surface area contributed by atoms with Crippen LogP contribution in [0.3, 0.4) is 0 Å². The first-order chi connectivity index (χ1) is 12.6. The number of amides is 1. The van der Waals surface area contributed by atoms with Crippen LogP contribution in [0.2, 0.25) is 5.02 Å². The number of hydrogen-bond acceptors (Lipinski definition) is 4. The van der Waals surface area contributed by atoms with Gasteiger partial charge >= 0.3 is 0 Å². The summed E-state index contributed by atoms with van der Waals surface area (Å²) in [4.78, 5) is 28.5. The summed E-state index contributed by atoms with van der Waals surface area (Å²) < 4.78 is 3.18. The zero-order chi connectivity index (χ0) is 18.5. The van der Waals surface area contributed by atoms with Crippen molar-refractivity contribution in [2.24, 2.45) is 0 Å². The summed E-state index contributed by atoms with van der Waals surface area (Å²) >= 11 is 5.89. The molecule has 26 heavy (non-hydrogen) atoms. The van der Waals surface area contributed by atoms with E-state index in [1.165, 1.54) is 12.5 Å². The Labute approximate surface area is 155 Å². The van der Waals surface area contributed by atoms with Gasteiger partial charge in [0.25, 0.3) is 5.56 Å². The van der Waals surface area contributed by atoms with Crippen LogP contribution in [0.1, 0.15) is 25.3 Å². The first kappa shape index (κ1) is 18.1. The van der Waals surface area contributed by atoms with E-state index in [1.54, 1.807) is 21.4 Å². The third-order valence-corrected chi connectivity index (χ3v) is 4.26. The summed E-state index contributed by atoms with van der Waals surface area (Å²) in [6.07, 6.45) is 4.36. The van der Waals surface area contributed by atoms with Crippen molar-refractivity contribution in [3.8, 4) is 0 Å². The standard InChI is InChI=1S/C18H20ClN5O2/c1-2-3-16(25)20-8-9-24-17-15(10-22-24)18(26)23(12-21-17)11-13-4-6-14(19)7-5-13/h4-7,10,12H,2-3,8-9,11H2,1H3,(H,20,25). The molecule has 1 aromatic carbocycles. The second-order valence-electron chi connectivity index (χ2n) is 6.01. The average Bonchev–Trinajstić information content (AvgIpc) is 3.03. The lowest BCUT2D eigenvalue weighted by atomic mass is 10.2. The van der Waals surface area contributed by atoms with Gasteiger partial charge in [-0.25, -0.2) is 9.67 Å². The van der Waals surface area contributed by atoms with Crippen LogP contribution in [0.5, 0.6) is 0 Å². The molecule has 0 aliphatic rings. The zero-order valence-electron chi connectivity index (χ0n) is 14.5. The topological polar surface area (TPSA) is 81.8 Å². The second-order valence-corrected chi connectivity index (χ2v) is 6.45. The predicted molar refractivity (Wildman–Crippen MR) is 100 cm³/mol. The molecule has 1 amide bonds. The molecule has 0 radical (unpaired) electrons. The van der Waals surface area contributed by atoms with Crippen LogP contribution in [-0.4, -0.2) is 31.8 Å². The highest BCUT2D eigenvalue weighted by atomic mass is 35.5. The number of fused-ring (bicyclic) bond motifs is 1. The van der Waals surface area contributed by atoms with E-state index >= 15 is 0 Å². The van der Waals surface area contributed by atoms with Crippen molar-refractivity contribution in [3.63, 3.8) is 0 Å². The van der Waals surface area contributed by atoms with Crippen molar-refractivity contribution < 1.29 is 4.79 Å². The summed E-state index contributed by atoms with van der Waals surface area (Å²) in [6, 6.07) is 7.33. The molecule has 8 heteroatoms. The van der Waals surface area contributed by atoms with Crippen LogP contribution in [0.25, 0.3) is 11.0 Å². The van der Waals surface area contributed by atoms with Crippen LogP contribution < -0.4 is 10.9 Å². The van der Waals surface area contributed by atoms with E-state index in [4.69, 9.17) is 11.6 Å². The molecule has 0 fully saturated rings. The molecule has 1 N–H and O–H groups in total. The molecular weight excluding hydrogens is 354 g/mol. The molecular formula is C18H20ClN5O2. The van der Waals surface area contributed by atoms with Gasteiger partial charge < -0.3 is 5.32 Å². The maximum absolute atomic E-state index is 12.7. The largest absolute Gasteiger partial charge is 0.354 e. The minimum absolute atomic E-state index is 0.0160. The third kappa shape index (κ3) is 4.11. The van der Waals surface area contributed by atoms with Crippen molar-refractivity contribution in [2.75, 3.05) is 6.54 Å². The molecule has 0 aliphatic carbocycles. The number of benzene rings is 1. The maximum Gasteiger partial charge on any atom is 0.264 e. The molecule has 3 rings (SSSR count). The Morgan fingerprint density at radius 1 is 1.27 bits per heavy atom. The van der Waals surface area contributed by atoms with Gasteiger partial charge in [-0.05, 0) is 24.1 Å². The molecule has 7 nitrogen and oxygen atoms in total. The highest BCUT2D eigenvalue weighted by Gasteiger charge is 2.10. The van der Waals surface area contributed by atoms with Gasteiger partial charge in [0.2, 0.25) is 5.91 Å². The Kier molecular flexibility index (Phi) is 5.68. The van der Waals surface area contributed by atoms with Gasteiger partial charge in [-0.2, -0.15) is 5.10 Å². The summed E-state index contributed by atoms with van der Waals surface area (Å²) in [7, 11) is 0. The lowest BCUT2D eigenvalue weighted by Crippen LogP contribution is -2.27. The smallest absolute Gasteiger partial charge is 0.264 e. The fraction of sp³-hybridized carbons (Fsp3) is 0.333. The van der Waals surface area contributed by atoms with Gasteiger partial charge in [0.05, 0.1) is 19.3 Å². The van der Waals surface area contributed by atoms with Crippen LogP contribution in [0.4, 0.5) is 0 Å². The number of aromatic nitrogens is 4. The molecule has 0 saturated carbocycles. The molecule has 2 heterocycles. The van der Waals surface area contributed by atoms with Crippen molar-refractivity contribution in [1.29, 1.82) is 0 Å². The summed E-state index contributed by atoms with van der Waals surface area (Å²) in [6.45, 7) is 3.29. The molecule has 0 unspecified atom stereocenters. The fourth-order valence-electron chi connectivity index (χ4n) is 2.68. The van der Waals surface area contributed by atoms with Crippen LogP contribution in [0, 0.1) is 0 Å². The van der Waals surface area contributed by atoms with Crippen molar-refractivity contribution >= 4 is 28.5 Å². The Bertz CT molecular complexity index is 962. The number of nitrogens with one attached hydrogen (secondary N) is 1. The lowest BCUT2D eigenvalue weighted by molar-refractivity contribution is -0.121. The third-order valence-electron chi connectivity index (χ3n) is 4.01. The predicted octanol–water partition coefficient (Wildman–Crippen LogP) is 2.21. The number of carbonyl (C=O) groups excluding carboxylic acids is 1. The number of nitrogens with zero attached hydrogens (tertiary/aromatic N) is 4. The molecule has 2 aromatic heterocycles. The van der Waals surface area contributed by atoms with Crippen LogP contribution >= 0.6 is 11.6 Å². The van der Waals surface area contributed by atoms with Crippen LogP contribution in [0.15, 0.2) is 41.6 Å². The zero-order valence-corrected chi connectivity index (χ0v) is 15.2. The van der Waals surface area contributed by atoms with Gasteiger partial charge in [-0.3, -0.25) is 14.2 Å². The monoisotopic (exact) mass is 373 g/mol. The second kappa shape index (κ2) is 8.14. The minimum Gasteiger partial charge on any atom is -0.354 e. The highest BCUT2D eigenvalue weighted by molar-refractivity contribution is 6.30. The average molecular weight is 374 g/mol. The van der Waals surface area contributed by atoms with E-state index in [-0.39, 0.29) is 11.5 Å². The first-order valence-corrected chi connectivity index (χ1v) is 8.88. The Hall–Kier alpha value is -2.67. The molecule has 0 atom stereocenters. The molecule has 0 aliphatic heterocycles. The molecule has 3 aromatic rings. The summed E-state index contributed by atoms with van der Waals surface area (Å²) in [5.41, 5.74) is 1.34. The molecule has 136 valence electrons. The Morgan fingerprint density at radius 3 is 2.77 bits per heavy atom.